The molecule has 1 aromatic rings. The molecule has 2 saturated heterocycles. The molecule has 0 spiro atoms. The molecule has 168 valence electrons. The largest absolute Gasteiger partial charge is 0.484 e. The van der Waals surface area contributed by atoms with Gasteiger partial charge in [-0.05, 0) is 43.4 Å². The topological polar surface area (TPSA) is 54.0 Å². The molecule has 2 aliphatic heterocycles. The lowest BCUT2D eigenvalue weighted by Gasteiger charge is -2.36. The molecule has 30 heavy (non-hydrogen) atoms. The Balaban J connectivity index is 1.41. The minimum absolute atomic E-state index is 0.107. The highest BCUT2D eigenvalue weighted by Crippen LogP contribution is 2.22. The Morgan fingerprint density at radius 2 is 1.80 bits per heavy atom. The SMILES string of the molecule is CC(NC(=O)N1CCC(CN2CCOCC2)CC1)c1ccc(OCC(F)(F)F)cc1. The van der Waals surface area contributed by atoms with Crippen molar-refractivity contribution in [3.05, 3.63) is 29.8 Å². The van der Waals surface area contributed by atoms with Crippen molar-refractivity contribution in [1.29, 1.82) is 0 Å². The van der Waals surface area contributed by atoms with E-state index >= 15 is 0 Å². The van der Waals surface area contributed by atoms with Crippen molar-refractivity contribution in [2.75, 3.05) is 52.5 Å². The van der Waals surface area contributed by atoms with Gasteiger partial charge in [0.15, 0.2) is 6.61 Å². The van der Waals surface area contributed by atoms with Crippen LogP contribution in [0, 0.1) is 5.92 Å². The highest BCUT2D eigenvalue weighted by molar-refractivity contribution is 5.74. The Hall–Kier alpha value is -2.00. The molecule has 2 heterocycles. The number of carbonyl (C=O) groups is 1. The molecule has 2 fully saturated rings. The van der Waals surface area contributed by atoms with Gasteiger partial charge >= 0.3 is 12.2 Å². The highest BCUT2D eigenvalue weighted by Gasteiger charge is 2.28. The standard InChI is InChI=1S/C21H30F3N3O3/c1-16(18-2-4-19(5-3-18)30-15-21(22,23)24)25-20(28)27-8-6-17(7-9-27)14-26-10-12-29-13-11-26/h2-5,16-17H,6-15H2,1H3,(H,25,28). The maximum atomic E-state index is 12.6. The van der Waals surface area contributed by atoms with Gasteiger partial charge in [-0.1, -0.05) is 12.1 Å². The lowest BCUT2D eigenvalue weighted by molar-refractivity contribution is -0.153. The van der Waals surface area contributed by atoms with Crippen molar-refractivity contribution in [2.24, 2.45) is 5.92 Å². The number of rotatable bonds is 6. The normalized spacial score (nSPS) is 20.1. The molecule has 0 aliphatic carbocycles. The Bertz CT molecular complexity index is 670. The van der Waals surface area contributed by atoms with Crippen LogP contribution in [0.3, 0.4) is 0 Å². The van der Waals surface area contributed by atoms with E-state index in [-0.39, 0.29) is 17.8 Å². The van der Waals surface area contributed by atoms with E-state index in [0.29, 0.717) is 5.92 Å². The summed E-state index contributed by atoms with van der Waals surface area (Å²) >= 11 is 0. The number of benzene rings is 1. The maximum absolute atomic E-state index is 12.6. The van der Waals surface area contributed by atoms with Crippen molar-refractivity contribution in [3.8, 4) is 5.75 Å². The fraction of sp³-hybridized carbons (Fsp3) is 0.667. The first-order valence-corrected chi connectivity index (χ1v) is 10.5. The first-order valence-electron chi connectivity index (χ1n) is 10.5. The summed E-state index contributed by atoms with van der Waals surface area (Å²) < 4.78 is 46.8. The van der Waals surface area contributed by atoms with E-state index in [1.165, 1.54) is 12.1 Å². The third-order valence-electron chi connectivity index (χ3n) is 5.64. The van der Waals surface area contributed by atoms with Gasteiger partial charge in [0.25, 0.3) is 0 Å². The number of amides is 2. The fourth-order valence-corrected chi connectivity index (χ4v) is 3.85. The van der Waals surface area contributed by atoms with Crippen molar-refractivity contribution in [2.45, 2.75) is 32.0 Å². The summed E-state index contributed by atoms with van der Waals surface area (Å²) in [6, 6.07) is 5.96. The molecule has 2 amide bonds. The van der Waals surface area contributed by atoms with Gasteiger partial charge in [0, 0.05) is 32.7 Å². The van der Waals surface area contributed by atoms with E-state index < -0.39 is 12.8 Å². The van der Waals surface area contributed by atoms with Gasteiger partial charge in [-0.3, -0.25) is 4.90 Å². The van der Waals surface area contributed by atoms with Gasteiger partial charge in [0.05, 0.1) is 19.3 Å². The van der Waals surface area contributed by atoms with E-state index in [2.05, 4.69) is 10.2 Å². The molecule has 1 unspecified atom stereocenters. The van der Waals surface area contributed by atoms with Crippen LogP contribution < -0.4 is 10.1 Å². The van der Waals surface area contributed by atoms with Crippen LogP contribution >= 0.6 is 0 Å². The number of carbonyl (C=O) groups excluding carboxylic acids is 1. The second-order valence-corrected chi connectivity index (χ2v) is 7.99. The first kappa shape index (κ1) is 22.7. The first-order chi connectivity index (χ1) is 14.3. The number of hydrogen-bond donors (Lipinski definition) is 1. The molecule has 9 heteroatoms. The summed E-state index contributed by atoms with van der Waals surface area (Å²) in [5.74, 6) is 0.755. The summed E-state index contributed by atoms with van der Waals surface area (Å²) in [5.41, 5.74) is 0.810. The van der Waals surface area contributed by atoms with E-state index in [4.69, 9.17) is 9.47 Å². The summed E-state index contributed by atoms with van der Waals surface area (Å²) in [7, 11) is 0. The van der Waals surface area contributed by atoms with Gasteiger partial charge in [-0.2, -0.15) is 13.2 Å². The van der Waals surface area contributed by atoms with Gasteiger partial charge in [-0.25, -0.2) is 4.79 Å². The Labute approximate surface area is 175 Å². The zero-order valence-corrected chi connectivity index (χ0v) is 17.3. The van der Waals surface area contributed by atoms with Crippen molar-refractivity contribution in [1.82, 2.24) is 15.1 Å². The van der Waals surface area contributed by atoms with Crippen LogP contribution in [0.4, 0.5) is 18.0 Å². The van der Waals surface area contributed by atoms with Crippen LogP contribution in [0.5, 0.6) is 5.75 Å². The van der Waals surface area contributed by atoms with E-state index in [9.17, 15) is 18.0 Å². The van der Waals surface area contributed by atoms with E-state index in [1.807, 2.05) is 11.8 Å². The highest BCUT2D eigenvalue weighted by atomic mass is 19.4. The summed E-state index contributed by atoms with van der Waals surface area (Å²) in [4.78, 5) is 16.9. The number of piperidine rings is 1. The lowest BCUT2D eigenvalue weighted by atomic mass is 9.96. The Kier molecular flexibility index (Phi) is 7.82. The number of hydrogen-bond acceptors (Lipinski definition) is 4. The van der Waals surface area contributed by atoms with E-state index in [1.54, 1.807) is 12.1 Å². The Morgan fingerprint density at radius 3 is 2.40 bits per heavy atom. The number of nitrogens with zero attached hydrogens (tertiary/aromatic N) is 2. The molecular weight excluding hydrogens is 399 g/mol. The lowest BCUT2D eigenvalue weighted by Crippen LogP contribution is -2.47. The van der Waals surface area contributed by atoms with Gasteiger partial charge in [0.1, 0.15) is 5.75 Å². The molecule has 0 saturated carbocycles. The van der Waals surface area contributed by atoms with Crippen LogP contribution in [0.1, 0.15) is 31.4 Å². The van der Waals surface area contributed by atoms with Crippen LogP contribution in [0.25, 0.3) is 0 Å². The summed E-state index contributed by atoms with van der Waals surface area (Å²) in [6.07, 6.45) is -2.38. The summed E-state index contributed by atoms with van der Waals surface area (Å²) in [6.45, 7) is 6.64. The number of morpholine rings is 1. The molecule has 6 nitrogen and oxygen atoms in total. The van der Waals surface area contributed by atoms with Crippen LogP contribution in [0.15, 0.2) is 24.3 Å². The zero-order valence-electron chi connectivity index (χ0n) is 17.3. The predicted octanol–water partition coefficient (Wildman–Crippen LogP) is 3.44. The monoisotopic (exact) mass is 429 g/mol. The van der Waals surface area contributed by atoms with Crippen LogP contribution in [-0.2, 0) is 4.74 Å². The molecule has 1 aromatic carbocycles. The Morgan fingerprint density at radius 1 is 1.17 bits per heavy atom. The number of likely N-dealkylation sites (tertiary alicyclic amines) is 1. The smallest absolute Gasteiger partial charge is 0.422 e. The van der Waals surface area contributed by atoms with Crippen molar-refractivity contribution in [3.63, 3.8) is 0 Å². The van der Waals surface area contributed by atoms with Crippen molar-refractivity contribution >= 4 is 6.03 Å². The van der Waals surface area contributed by atoms with Gasteiger partial charge < -0.3 is 19.7 Å². The quantitative estimate of drug-likeness (QED) is 0.753. The van der Waals surface area contributed by atoms with Crippen LogP contribution in [0.2, 0.25) is 0 Å². The number of halogens is 3. The number of nitrogens with one attached hydrogen (secondary N) is 1. The fourth-order valence-electron chi connectivity index (χ4n) is 3.85. The second kappa shape index (κ2) is 10.3. The molecule has 3 rings (SSSR count). The number of ether oxygens (including phenoxy) is 2. The average Bonchev–Trinajstić information content (AvgIpc) is 2.73. The number of alkyl halides is 3. The molecule has 1 atom stereocenters. The zero-order chi connectivity index (χ0) is 21.6. The molecule has 0 aromatic heterocycles. The molecule has 0 radical (unpaired) electrons. The molecular formula is C21H30F3N3O3. The average molecular weight is 429 g/mol. The number of urea groups is 1. The third-order valence-corrected chi connectivity index (χ3v) is 5.64. The second-order valence-electron chi connectivity index (χ2n) is 7.99. The minimum atomic E-state index is -4.37. The van der Waals surface area contributed by atoms with Gasteiger partial charge in [-0.15, -0.1) is 0 Å². The molecule has 2 aliphatic rings. The predicted molar refractivity (Wildman–Crippen MR) is 106 cm³/mol. The molecule has 0 bridgehead atoms. The van der Waals surface area contributed by atoms with Gasteiger partial charge in [0.2, 0.25) is 0 Å². The van der Waals surface area contributed by atoms with E-state index in [0.717, 1.165) is 64.3 Å². The minimum Gasteiger partial charge on any atom is -0.484 e. The third kappa shape index (κ3) is 7.05. The summed E-state index contributed by atoms with van der Waals surface area (Å²) in [5, 5.41) is 2.98. The van der Waals surface area contributed by atoms with Crippen LogP contribution in [-0.4, -0.2) is 74.6 Å². The molecule has 1 N–H and O–H groups in total. The maximum Gasteiger partial charge on any atom is 0.422 e. The van der Waals surface area contributed by atoms with Crippen molar-refractivity contribution < 1.29 is 27.4 Å².